The number of anilines is 1. The van der Waals surface area contributed by atoms with Gasteiger partial charge in [0.2, 0.25) is 5.82 Å². The molecule has 0 radical (unpaired) electrons. The number of hydrogen-bond donors (Lipinski definition) is 3. The van der Waals surface area contributed by atoms with Gasteiger partial charge in [0.05, 0.1) is 32.1 Å². The van der Waals surface area contributed by atoms with Gasteiger partial charge in [0.15, 0.2) is 17.7 Å². The molecule has 14 heteroatoms. The fraction of sp³-hybridized carbons (Fsp3) is 0.464. The third-order valence-corrected chi connectivity index (χ3v) is 8.24. The second-order valence-electron chi connectivity index (χ2n) is 10.4. The molecule has 1 amide bonds. The number of aliphatic hydroxyl groups is 3. The van der Waals surface area contributed by atoms with Crippen molar-refractivity contribution >= 4 is 27.5 Å². The highest BCUT2D eigenvalue weighted by atomic mass is 79.9. The number of aromatic nitrogens is 3. The zero-order valence-electron chi connectivity index (χ0n) is 23.0. The van der Waals surface area contributed by atoms with Gasteiger partial charge >= 0.3 is 0 Å². The molecular weight excluding hydrogens is 622 g/mol. The van der Waals surface area contributed by atoms with Crippen molar-refractivity contribution in [1.29, 1.82) is 0 Å². The summed E-state index contributed by atoms with van der Waals surface area (Å²) >= 11 is 3.47. The minimum Gasteiger partial charge on any atom is -0.494 e. The van der Waals surface area contributed by atoms with Gasteiger partial charge in [-0.25, -0.2) is 9.07 Å². The van der Waals surface area contributed by atoms with Crippen molar-refractivity contribution in [3.8, 4) is 17.0 Å². The van der Waals surface area contributed by atoms with Crippen LogP contribution in [0.2, 0.25) is 0 Å². The maximum atomic E-state index is 14.3. The molecule has 2 aliphatic rings. The number of carbonyl (C=O) groups is 1. The molecule has 226 valence electrons. The number of hydrogen-bond acceptors (Lipinski definition) is 9. The number of aliphatic hydroxyl groups excluding tert-OH is 3. The molecule has 1 saturated heterocycles. The Kier molecular flexibility index (Phi) is 8.92. The maximum Gasteiger partial charge on any atom is 0.259 e. The first-order valence-electron chi connectivity index (χ1n) is 13.3. The monoisotopic (exact) mass is 652 g/mol. The van der Waals surface area contributed by atoms with Gasteiger partial charge in [-0.2, -0.15) is 4.39 Å². The Hall–Kier alpha value is -3.01. The van der Waals surface area contributed by atoms with Gasteiger partial charge in [-0.3, -0.25) is 4.79 Å². The standard InChI is InChI=1S/C28H31BrF2N4O7/c1-13-6-15(29)10-16(7-13)35(19-4-5-20(19)37)28(39)27-26(41-3)24(25(38)22(12-36)42-27)34-11-18(32-33-34)14-8-17(30)23(31)21(9-14)40-2/h6-11,19-20,22,24-27,36-38H,4-5,12H2,1-3H3/t19-,20-,22-,24+,25+,26-,27-/m1/s1. The number of halogens is 3. The van der Waals surface area contributed by atoms with Crippen molar-refractivity contribution in [2.45, 2.75) is 62.4 Å². The van der Waals surface area contributed by atoms with Crippen molar-refractivity contribution in [2.75, 3.05) is 25.7 Å². The van der Waals surface area contributed by atoms with Crippen LogP contribution in [0.1, 0.15) is 24.4 Å². The molecule has 0 bridgehead atoms. The number of rotatable bonds is 8. The molecule has 11 nitrogen and oxygen atoms in total. The third kappa shape index (κ3) is 5.54. The third-order valence-electron chi connectivity index (χ3n) is 7.79. The van der Waals surface area contributed by atoms with Crippen LogP contribution in [0.15, 0.2) is 41.0 Å². The first-order chi connectivity index (χ1) is 20.1. The summed E-state index contributed by atoms with van der Waals surface area (Å²) in [5.74, 6) is -3.16. The van der Waals surface area contributed by atoms with Crippen LogP contribution in [0, 0.1) is 18.6 Å². The van der Waals surface area contributed by atoms with E-state index in [1.54, 1.807) is 6.07 Å². The summed E-state index contributed by atoms with van der Waals surface area (Å²) in [6.45, 7) is 1.25. The van der Waals surface area contributed by atoms with Crippen LogP contribution >= 0.6 is 15.9 Å². The Morgan fingerprint density at radius 2 is 1.95 bits per heavy atom. The van der Waals surface area contributed by atoms with Gasteiger partial charge in [-0.05, 0) is 55.7 Å². The largest absolute Gasteiger partial charge is 0.494 e. The Balaban J connectivity index is 1.53. The van der Waals surface area contributed by atoms with Crippen LogP contribution in [0.5, 0.6) is 5.75 Å². The second-order valence-corrected chi connectivity index (χ2v) is 11.3. The molecule has 42 heavy (non-hydrogen) atoms. The molecule has 7 atom stereocenters. The summed E-state index contributed by atoms with van der Waals surface area (Å²) in [5, 5.41) is 40.0. The minimum absolute atomic E-state index is 0.132. The Labute approximate surface area is 248 Å². The molecule has 2 heterocycles. The van der Waals surface area contributed by atoms with E-state index in [1.165, 1.54) is 36.1 Å². The van der Waals surface area contributed by atoms with Gasteiger partial charge in [0.1, 0.15) is 30.0 Å². The fourth-order valence-corrected chi connectivity index (χ4v) is 6.11. The fourth-order valence-electron chi connectivity index (χ4n) is 5.52. The molecule has 3 aromatic rings. The smallest absolute Gasteiger partial charge is 0.259 e. The number of carbonyl (C=O) groups excluding carboxylic acids is 1. The maximum absolute atomic E-state index is 14.3. The summed E-state index contributed by atoms with van der Waals surface area (Å²) in [6.07, 6.45) is -3.34. The lowest BCUT2D eigenvalue weighted by molar-refractivity contribution is -0.211. The van der Waals surface area contributed by atoms with Crippen LogP contribution in [-0.2, 0) is 14.3 Å². The minimum atomic E-state index is -1.39. The summed E-state index contributed by atoms with van der Waals surface area (Å²) < 4.78 is 46.8. The molecule has 1 aromatic heterocycles. The molecule has 1 saturated carbocycles. The van der Waals surface area contributed by atoms with Crippen molar-refractivity contribution in [3.63, 3.8) is 0 Å². The van der Waals surface area contributed by atoms with Gasteiger partial charge < -0.3 is 34.4 Å². The number of methoxy groups -OCH3 is 2. The van der Waals surface area contributed by atoms with Gasteiger partial charge in [-0.15, -0.1) is 5.10 Å². The average Bonchev–Trinajstić information content (AvgIpc) is 3.44. The lowest BCUT2D eigenvalue weighted by Gasteiger charge is -2.47. The Morgan fingerprint density at radius 3 is 2.55 bits per heavy atom. The molecule has 0 spiro atoms. The average molecular weight is 653 g/mol. The second kappa shape index (κ2) is 12.3. The van der Waals surface area contributed by atoms with E-state index in [1.807, 2.05) is 19.1 Å². The first-order valence-corrected chi connectivity index (χ1v) is 14.1. The van der Waals surface area contributed by atoms with Crippen molar-refractivity contribution in [2.24, 2.45) is 0 Å². The SMILES string of the molecule is COc1cc(-c2cn([C@H]3[C@@H](O)[C@@H](CO)O[C@@H](C(=O)N(c4cc(C)cc(Br)c4)[C@@H]4CC[C@H]4O)[C@@H]3OC)nn2)cc(F)c1F. The normalized spacial score (nSPS) is 27.4. The van der Waals surface area contributed by atoms with E-state index in [-0.39, 0.29) is 17.0 Å². The first kappa shape index (κ1) is 30.4. The molecule has 1 aliphatic carbocycles. The van der Waals surface area contributed by atoms with Crippen molar-refractivity contribution in [1.82, 2.24) is 15.0 Å². The van der Waals surface area contributed by atoms with Crippen LogP contribution in [-0.4, -0.2) is 93.6 Å². The molecule has 1 aliphatic heterocycles. The van der Waals surface area contributed by atoms with E-state index in [9.17, 15) is 28.9 Å². The van der Waals surface area contributed by atoms with E-state index >= 15 is 0 Å². The van der Waals surface area contributed by atoms with Crippen molar-refractivity contribution < 1.29 is 43.1 Å². The number of aryl methyl sites for hydroxylation is 1. The van der Waals surface area contributed by atoms with Crippen LogP contribution in [0.25, 0.3) is 11.3 Å². The predicted molar refractivity (Wildman–Crippen MR) is 149 cm³/mol. The molecular formula is C28H31BrF2N4O7. The van der Waals surface area contributed by atoms with Crippen LogP contribution < -0.4 is 9.64 Å². The number of benzene rings is 2. The zero-order chi connectivity index (χ0) is 30.3. The van der Waals surface area contributed by atoms with E-state index in [4.69, 9.17) is 14.2 Å². The van der Waals surface area contributed by atoms with Gasteiger partial charge in [-0.1, -0.05) is 21.1 Å². The molecule has 3 N–H and O–H groups in total. The lowest BCUT2D eigenvalue weighted by Crippen LogP contribution is -2.64. The van der Waals surface area contributed by atoms with Crippen LogP contribution in [0.4, 0.5) is 14.5 Å². The van der Waals surface area contributed by atoms with Crippen LogP contribution in [0.3, 0.4) is 0 Å². The molecule has 5 rings (SSSR count). The molecule has 2 fully saturated rings. The summed E-state index contributed by atoms with van der Waals surface area (Å²) in [7, 11) is 2.55. The highest BCUT2D eigenvalue weighted by Gasteiger charge is 2.52. The summed E-state index contributed by atoms with van der Waals surface area (Å²) in [6, 6.07) is 6.05. The number of nitrogens with zero attached hydrogens (tertiary/aromatic N) is 4. The van der Waals surface area contributed by atoms with E-state index in [2.05, 4.69) is 26.2 Å². The zero-order valence-corrected chi connectivity index (χ0v) is 24.6. The number of ether oxygens (including phenoxy) is 3. The lowest BCUT2D eigenvalue weighted by atomic mass is 9.85. The molecule has 2 aromatic carbocycles. The van der Waals surface area contributed by atoms with E-state index in [0.717, 1.165) is 16.1 Å². The summed E-state index contributed by atoms with van der Waals surface area (Å²) in [5.41, 5.74) is 1.71. The van der Waals surface area contributed by atoms with E-state index < -0.39 is 66.8 Å². The highest BCUT2D eigenvalue weighted by Crippen LogP contribution is 2.38. The number of amides is 1. The predicted octanol–water partition coefficient (Wildman–Crippen LogP) is 2.54. The quantitative estimate of drug-likeness (QED) is 0.335. The Bertz CT molecular complexity index is 1440. The Morgan fingerprint density at radius 1 is 1.19 bits per heavy atom. The molecule has 0 unspecified atom stereocenters. The van der Waals surface area contributed by atoms with E-state index in [0.29, 0.717) is 18.5 Å². The highest BCUT2D eigenvalue weighted by molar-refractivity contribution is 9.10. The van der Waals surface area contributed by atoms with Crippen molar-refractivity contribution in [3.05, 3.63) is 58.2 Å². The topological polar surface area (TPSA) is 139 Å². The van der Waals surface area contributed by atoms with Gasteiger partial charge in [0.25, 0.3) is 5.91 Å². The summed E-state index contributed by atoms with van der Waals surface area (Å²) in [4.78, 5) is 15.8. The van der Waals surface area contributed by atoms with Gasteiger partial charge in [0, 0.05) is 22.8 Å².